The minimum absolute atomic E-state index is 0.245. The lowest BCUT2D eigenvalue weighted by molar-refractivity contribution is -0.162. The fraction of sp³-hybridized carbons (Fsp3) is 0.462. The van der Waals surface area contributed by atoms with Crippen LogP contribution < -0.4 is 11.1 Å². The number of nitrogen functional groups attached to an aromatic ring is 1. The highest BCUT2D eigenvalue weighted by Crippen LogP contribution is 2.30. The Balaban J connectivity index is 1.35. The second-order valence-electron chi connectivity index (χ2n) is 10.3. The van der Waals surface area contributed by atoms with Crippen LogP contribution in [0, 0.1) is 6.92 Å². The molecule has 2 aliphatic rings. The number of nitrogens with one attached hydrogen (secondary N) is 1. The van der Waals surface area contributed by atoms with E-state index < -0.39 is 54.7 Å². The van der Waals surface area contributed by atoms with Gasteiger partial charge in [-0.3, -0.25) is 9.69 Å². The lowest BCUT2D eigenvalue weighted by Crippen LogP contribution is -2.42. The number of fused-ring (bicyclic) bond motifs is 1. The number of ether oxygens (including phenoxy) is 1. The number of hydrogen-bond acceptors (Lipinski definition) is 8. The van der Waals surface area contributed by atoms with Crippen molar-refractivity contribution in [3.05, 3.63) is 47.3 Å². The molecule has 42 heavy (non-hydrogen) atoms. The van der Waals surface area contributed by atoms with Gasteiger partial charge in [-0.25, -0.2) is 18.7 Å². The zero-order valence-electron chi connectivity index (χ0n) is 22.6. The molecule has 3 aromatic rings. The maximum absolute atomic E-state index is 14.7. The number of halogens is 4. The van der Waals surface area contributed by atoms with Crippen LogP contribution in [0.25, 0.3) is 16.8 Å². The van der Waals surface area contributed by atoms with Gasteiger partial charge in [-0.15, -0.1) is 0 Å². The van der Waals surface area contributed by atoms with Crippen molar-refractivity contribution >= 4 is 34.5 Å². The van der Waals surface area contributed by atoms with E-state index in [-0.39, 0.29) is 17.9 Å². The molecule has 3 N–H and O–H groups in total. The first kappa shape index (κ1) is 29.8. The molecule has 2 aromatic heterocycles. The van der Waals surface area contributed by atoms with Crippen LogP contribution in [-0.4, -0.2) is 104 Å². The molecule has 5 rings (SSSR count). The van der Waals surface area contributed by atoms with Crippen LogP contribution >= 0.6 is 0 Å². The molecule has 0 radical (unpaired) electrons. The Hall–Kier alpha value is -3.63. The van der Waals surface area contributed by atoms with Crippen molar-refractivity contribution in [1.29, 1.82) is 0 Å². The minimum Gasteiger partial charge on any atom is -0.616 e. The third-order valence-electron chi connectivity index (χ3n) is 7.29. The Morgan fingerprint density at radius 1 is 1.21 bits per heavy atom. The van der Waals surface area contributed by atoms with Crippen LogP contribution in [-0.2, 0) is 22.5 Å². The van der Waals surface area contributed by atoms with E-state index in [0.717, 1.165) is 10.5 Å². The van der Waals surface area contributed by atoms with E-state index in [9.17, 15) is 31.7 Å². The Labute approximate surface area is 241 Å². The first-order valence-corrected chi connectivity index (χ1v) is 14.6. The number of likely N-dealkylation sites (tertiary alicyclic amines) is 1. The summed E-state index contributed by atoms with van der Waals surface area (Å²) in [6.45, 7) is 0.977. The Kier molecular flexibility index (Phi) is 8.48. The zero-order chi connectivity index (χ0) is 30.2. The first-order chi connectivity index (χ1) is 19.9. The number of aromatic nitrogens is 3. The molecule has 4 heterocycles. The maximum atomic E-state index is 14.7. The van der Waals surface area contributed by atoms with Gasteiger partial charge in [0.05, 0.1) is 18.3 Å². The zero-order valence-corrected chi connectivity index (χ0v) is 23.4. The highest BCUT2D eigenvalue weighted by molar-refractivity contribution is 7.91. The van der Waals surface area contributed by atoms with Crippen molar-refractivity contribution in [2.45, 2.75) is 31.9 Å². The predicted octanol–water partition coefficient (Wildman–Crippen LogP) is 2.30. The lowest BCUT2D eigenvalue weighted by atomic mass is 10.0. The largest absolute Gasteiger partial charge is 0.616 e. The molecule has 2 aliphatic heterocycles. The highest BCUT2D eigenvalue weighted by atomic mass is 32.2. The summed E-state index contributed by atoms with van der Waals surface area (Å²) in [5, 5.41) is 6.94. The van der Waals surface area contributed by atoms with Crippen LogP contribution in [0.3, 0.4) is 0 Å². The number of hydrogen-bond donors (Lipinski definition) is 2. The van der Waals surface area contributed by atoms with Crippen LogP contribution in [0.4, 0.5) is 28.2 Å². The number of nitrogens with zero attached hydrogens (tertiary/aromatic N) is 5. The molecule has 0 bridgehead atoms. The number of alkyl halides is 4. The van der Waals surface area contributed by atoms with E-state index in [1.807, 2.05) is 12.1 Å². The summed E-state index contributed by atoms with van der Waals surface area (Å²) >= 11 is -0.822. The molecular weight excluding hydrogens is 582 g/mol. The van der Waals surface area contributed by atoms with Crippen molar-refractivity contribution in [2.24, 2.45) is 0 Å². The van der Waals surface area contributed by atoms with Gasteiger partial charge in [0.25, 0.3) is 5.91 Å². The average Bonchev–Trinajstić information content (AvgIpc) is 3.49. The number of aryl methyl sites for hydroxylation is 1. The van der Waals surface area contributed by atoms with E-state index in [4.69, 9.17) is 5.73 Å². The molecule has 2 fully saturated rings. The average molecular weight is 612 g/mol. The number of benzene rings is 1. The summed E-state index contributed by atoms with van der Waals surface area (Å²) in [6, 6.07) is 5.96. The summed E-state index contributed by atoms with van der Waals surface area (Å²) in [5.74, 6) is 0.859. The van der Waals surface area contributed by atoms with Crippen LogP contribution in [0.15, 0.2) is 30.6 Å². The van der Waals surface area contributed by atoms with Crippen LogP contribution in [0.1, 0.15) is 21.5 Å². The van der Waals surface area contributed by atoms with Crippen LogP contribution in [0.5, 0.6) is 0 Å². The van der Waals surface area contributed by atoms with Gasteiger partial charge in [-0.1, -0.05) is 23.3 Å². The maximum Gasteiger partial charge on any atom is 0.422 e. The quantitative estimate of drug-likeness (QED) is 0.320. The summed E-state index contributed by atoms with van der Waals surface area (Å²) < 4.78 is 69.5. The van der Waals surface area contributed by atoms with Gasteiger partial charge in [-0.05, 0) is 30.2 Å². The number of carbonyl (C=O) groups excluding carboxylic acids is 2. The van der Waals surface area contributed by atoms with Gasteiger partial charge in [0, 0.05) is 37.3 Å². The molecule has 2 saturated heterocycles. The number of anilines is 1. The highest BCUT2D eigenvalue weighted by Gasteiger charge is 2.39. The summed E-state index contributed by atoms with van der Waals surface area (Å²) in [6.07, 6.45) is -6.38. The SMILES string of the molecule is Cc1ccc(-c2cc(CN3CC[S+]([O-])CC3)c3c(N)ncnn23)cc1C(=O)NC1CN(C(=O)OCC(F)(F)F)CC1F. The van der Waals surface area contributed by atoms with E-state index in [2.05, 4.69) is 25.0 Å². The fourth-order valence-corrected chi connectivity index (χ4v) is 6.23. The van der Waals surface area contributed by atoms with Gasteiger partial charge in [0.1, 0.15) is 29.5 Å². The standard InChI is InChI=1S/C26H29F4N7O4S/c1-15-2-3-16(8-18(15)24(38)34-20-12-36(11-19(20)27)25(39)41-13-26(28,29)30)21-9-17(10-35-4-6-42(40)7-5-35)22-23(31)32-14-33-37(21)22/h2-3,8-9,14,19-20H,4-7,10-13H2,1H3,(H,34,38)(H2,31,32,33). The monoisotopic (exact) mass is 611 g/mol. The second kappa shape index (κ2) is 11.9. The van der Waals surface area contributed by atoms with Crippen molar-refractivity contribution < 1.29 is 36.4 Å². The van der Waals surface area contributed by atoms with E-state index in [1.54, 1.807) is 23.6 Å². The van der Waals surface area contributed by atoms with Crippen molar-refractivity contribution in [3.63, 3.8) is 0 Å². The Morgan fingerprint density at radius 3 is 2.67 bits per heavy atom. The fourth-order valence-electron chi connectivity index (χ4n) is 5.10. The molecule has 0 aliphatic carbocycles. The minimum atomic E-state index is -4.71. The molecule has 2 atom stereocenters. The summed E-state index contributed by atoms with van der Waals surface area (Å²) in [4.78, 5) is 32.3. The van der Waals surface area contributed by atoms with E-state index in [1.165, 1.54) is 6.33 Å². The summed E-state index contributed by atoms with van der Waals surface area (Å²) in [5.41, 5.74) is 9.83. The Morgan fingerprint density at radius 2 is 1.95 bits per heavy atom. The Bertz CT molecular complexity index is 1480. The normalized spacial score (nSPS) is 20.3. The van der Waals surface area contributed by atoms with Gasteiger partial charge in [0.15, 0.2) is 12.4 Å². The molecule has 2 unspecified atom stereocenters. The van der Waals surface area contributed by atoms with Gasteiger partial charge >= 0.3 is 12.3 Å². The topological polar surface area (TPSA) is 141 Å². The number of carbonyl (C=O) groups is 2. The second-order valence-corrected chi connectivity index (χ2v) is 12.0. The molecule has 0 saturated carbocycles. The van der Waals surface area contributed by atoms with Crippen molar-refractivity contribution in [1.82, 2.24) is 29.7 Å². The first-order valence-electron chi connectivity index (χ1n) is 13.1. The third-order valence-corrected chi connectivity index (χ3v) is 8.56. The molecule has 2 amide bonds. The summed E-state index contributed by atoms with van der Waals surface area (Å²) in [7, 11) is 0. The third kappa shape index (κ3) is 6.55. The number of nitrogens with two attached hydrogens (primary N) is 1. The van der Waals surface area contributed by atoms with Gasteiger partial charge < -0.3 is 25.2 Å². The van der Waals surface area contributed by atoms with Crippen molar-refractivity contribution in [2.75, 3.05) is 50.0 Å². The molecular formula is C26H29F4N7O4S. The van der Waals surface area contributed by atoms with Gasteiger partial charge in [0.2, 0.25) is 0 Å². The molecule has 1 aromatic carbocycles. The van der Waals surface area contributed by atoms with Crippen LogP contribution in [0.2, 0.25) is 0 Å². The van der Waals surface area contributed by atoms with E-state index >= 15 is 0 Å². The molecule has 16 heteroatoms. The van der Waals surface area contributed by atoms with Crippen molar-refractivity contribution in [3.8, 4) is 11.3 Å². The van der Waals surface area contributed by atoms with Gasteiger partial charge in [-0.2, -0.15) is 18.3 Å². The predicted molar refractivity (Wildman–Crippen MR) is 146 cm³/mol. The number of rotatable bonds is 6. The van der Waals surface area contributed by atoms with E-state index in [0.29, 0.717) is 53.5 Å². The molecule has 11 nitrogen and oxygen atoms in total. The molecule has 0 spiro atoms. The smallest absolute Gasteiger partial charge is 0.422 e. The molecule has 226 valence electrons. The lowest BCUT2D eigenvalue weighted by Gasteiger charge is -2.27. The number of amides is 2.